The van der Waals surface area contributed by atoms with Gasteiger partial charge in [0.1, 0.15) is 18.1 Å². The van der Waals surface area contributed by atoms with E-state index < -0.39 is 17.8 Å². The molecule has 0 fully saturated rings. The number of para-hydroxylation sites is 1. The summed E-state index contributed by atoms with van der Waals surface area (Å²) in [6, 6.07) is 20.5. The first kappa shape index (κ1) is 24.0. The Kier molecular flexibility index (Phi) is 8.34. The SMILES string of the molecule is COC(=O)c1ccc(COc2ccccc2/C=N\NC(=O)C(=O)Nc2ccc(OC)cc2)cc1. The molecule has 2 N–H and O–H groups in total. The second kappa shape index (κ2) is 11.8. The molecule has 9 heteroatoms. The minimum atomic E-state index is -0.920. The minimum Gasteiger partial charge on any atom is -0.497 e. The molecular formula is C25H23N3O6. The Morgan fingerprint density at radius 2 is 1.59 bits per heavy atom. The van der Waals surface area contributed by atoms with E-state index >= 15 is 0 Å². The fraction of sp³-hybridized carbons (Fsp3) is 0.120. The first-order valence-corrected chi connectivity index (χ1v) is 10.2. The van der Waals surface area contributed by atoms with E-state index in [4.69, 9.17) is 9.47 Å². The Morgan fingerprint density at radius 1 is 0.882 bits per heavy atom. The number of benzene rings is 3. The number of rotatable bonds is 8. The number of nitrogens with one attached hydrogen (secondary N) is 2. The maximum absolute atomic E-state index is 12.0. The van der Waals surface area contributed by atoms with Gasteiger partial charge < -0.3 is 19.5 Å². The average molecular weight is 461 g/mol. The molecule has 0 aliphatic heterocycles. The van der Waals surface area contributed by atoms with Gasteiger partial charge >= 0.3 is 17.8 Å². The molecule has 0 spiro atoms. The first-order valence-electron chi connectivity index (χ1n) is 10.2. The number of anilines is 1. The predicted octanol–water partition coefficient (Wildman–Crippen LogP) is 3.15. The second-order valence-electron chi connectivity index (χ2n) is 6.90. The highest BCUT2D eigenvalue weighted by Crippen LogP contribution is 2.18. The summed E-state index contributed by atoms with van der Waals surface area (Å²) in [5.41, 5.74) is 4.54. The molecule has 34 heavy (non-hydrogen) atoms. The van der Waals surface area contributed by atoms with Crippen molar-refractivity contribution >= 4 is 29.7 Å². The Hall–Kier alpha value is -4.66. The van der Waals surface area contributed by atoms with Crippen molar-refractivity contribution in [3.8, 4) is 11.5 Å². The maximum Gasteiger partial charge on any atom is 0.337 e. The Balaban J connectivity index is 1.55. The monoisotopic (exact) mass is 461 g/mol. The van der Waals surface area contributed by atoms with Gasteiger partial charge in [-0.2, -0.15) is 5.10 Å². The lowest BCUT2D eigenvalue weighted by atomic mass is 10.1. The van der Waals surface area contributed by atoms with Crippen LogP contribution in [0.3, 0.4) is 0 Å². The third-order valence-electron chi connectivity index (χ3n) is 4.61. The van der Waals surface area contributed by atoms with Gasteiger partial charge in [0.25, 0.3) is 0 Å². The van der Waals surface area contributed by atoms with Crippen molar-refractivity contribution in [1.29, 1.82) is 0 Å². The van der Waals surface area contributed by atoms with Gasteiger partial charge in [0.15, 0.2) is 0 Å². The highest BCUT2D eigenvalue weighted by molar-refractivity contribution is 6.39. The quantitative estimate of drug-likeness (QED) is 0.230. The number of carbonyl (C=O) groups is 3. The number of hydrogen-bond donors (Lipinski definition) is 2. The molecule has 0 unspecified atom stereocenters. The van der Waals surface area contributed by atoms with Crippen molar-refractivity contribution < 1.29 is 28.6 Å². The fourth-order valence-corrected chi connectivity index (χ4v) is 2.81. The van der Waals surface area contributed by atoms with Gasteiger partial charge in [0.05, 0.1) is 26.0 Å². The Morgan fingerprint density at radius 3 is 2.26 bits per heavy atom. The molecule has 0 heterocycles. The van der Waals surface area contributed by atoms with Gasteiger partial charge in [-0.25, -0.2) is 10.2 Å². The van der Waals surface area contributed by atoms with Crippen molar-refractivity contribution in [3.63, 3.8) is 0 Å². The van der Waals surface area contributed by atoms with Crippen molar-refractivity contribution in [1.82, 2.24) is 5.43 Å². The van der Waals surface area contributed by atoms with Crippen LogP contribution in [0, 0.1) is 0 Å². The van der Waals surface area contributed by atoms with Crippen LogP contribution < -0.4 is 20.2 Å². The molecule has 3 aromatic rings. The van der Waals surface area contributed by atoms with Crippen LogP contribution in [-0.4, -0.2) is 38.2 Å². The standard InChI is InChI=1S/C25H23N3O6/c1-32-21-13-11-20(12-14-21)27-23(29)24(30)28-26-15-19-5-3-4-6-22(19)34-16-17-7-9-18(10-8-17)25(31)33-2/h3-15H,16H2,1-2H3,(H,27,29)(H,28,30)/b26-15-. The van der Waals surface area contributed by atoms with Crippen LogP contribution in [-0.2, 0) is 20.9 Å². The summed E-state index contributed by atoms with van der Waals surface area (Å²) in [7, 11) is 2.86. The van der Waals surface area contributed by atoms with Crippen LogP contribution in [0.1, 0.15) is 21.5 Å². The van der Waals surface area contributed by atoms with Crippen LogP contribution in [0.5, 0.6) is 11.5 Å². The normalized spacial score (nSPS) is 10.4. The van der Waals surface area contributed by atoms with E-state index in [0.29, 0.717) is 28.3 Å². The van der Waals surface area contributed by atoms with E-state index in [1.807, 2.05) is 0 Å². The van der Waals surface area contributed by atoms with Gasteiger partial charge in [-0.3, -0.25) is 9.59 Å². The lowest BCUT2D eigenvalue weighted by Gasteiger charge is -2.09. The van der Waals surface area contributed by atoms with Crippen molar-refractivity contribution in [2.45, 2.75) is 6.61 Å². The maximum atomic E-state index is 12.0. The second-order valence-corrected chi connectivity index (χ2v) is 6.90. The summed E-state index contributed by atoms with van der Waals surface area (Å²) < 4.78 is 15.6. The topological polar surface area (TPSA) is 115 Å². The molecular weight excluding hydrogens is 438 g/mol. The molecule has 3 aromatic carbocycles. The average Bonchev–Trinajstić information content (AvgIpc) is 2.88. The lowest BCUT2D eigenvalue weighted by molar-refractivity contribution is -0.136. The molecule has 2 amide bonds. The van der Waals surface area contributed by atoms with Crippen molar-refractivity contribution in [2.75, 3.05) is 19.5 Å². The van der Waals surface area contributed by atoms with Crippen LogP contribution in [0.4, 0.5) is 5.69 Å². The Bertz CT molecular complexity index is 1170. The van der Waals surface area contributed by atoms with Gasteiger partial charge in [-0.05, 0) is 54.1 Å². The summed E-state index contributed by atoms with van der Waals surface area (Å²) in [6.45, 7) is 0.253. The Labute approximate surface area is 196 Å². The highest BCUT2D eigenvalue weighted by Gasteiger charge is 2.13. The van der Waals surface area contributed by atoms with E-state index in [0.717, 1.165) is 5.56 Å². The number of nitrogens with zero attached hydrogens (tertiary/aromatic N) is 1. The minimum absolute atomic E-state index is 0.253. The molecule has 0 aromatic heterocycles. The molecule has 174 valence electrons. The number of hydrazone groups is 1. The number of amides is 2. The summed E-state index contributed by atoms with van der Waals surface area (Å²) in [6.07, 6.45) is 1.38. The third-order valence-corrected chi connectivity index (χ3v) is 4.61. The number of carbonyl (C=O) groups excluding carboxylic acids is 3. The van der Waals surface area contributed by atoms with Crippen LogP contribution in [0.25, 0.3) is 0 Å². The summed E-state index contributed by atoms with van der Waals surface area (Å²) >= 11 is 0. The largest absolute Gasteiger partial charge is 0.497 e. The number of ether oxygens (including phenoxy) is 3. The molecule has 0 aliphatic rings. The van der Waals surface area contributed by atoms with E-state index in [-0.39, 0.29) is 6.61 Å². The van der Waals surface area contributed by atoms with Gasteiger partial charge in [-0.15, -0.1) is 0 Å². The van der Waals surface area contributed by atoms with E-state index in [1.54, 1.807) is 72.8 Å². The van der Waals surface area contributed by atoms with Crippen LogP contribution in [0.15, 0.2) is 77.9 Å². The molecule has 0 bridgehead atoms. The fourth-order valence-electron chi connectivity index (χ4n) is 2.81. The van der Waals surface area contributed by atoms with Gasteiger partial charge in [0, 0.05) is 11.3 Å². The summed E-state index contributed by atoms with van der Waals surface area (Å²) in [4.78, 5) is 35.6. The zero-order valence-corrected chi connectivity index (χ0v) is 18.6. The van der Waals surface area contributed by atoms with Crippen LogP contribution >= 0.6 is 0 Å². The van der Waals surface area contributed by atoms with Crippen molar-refractivity contribution in [3.05, 3.63) is 89.5 Å². The molecule has 0 radical (unpaired) electrons. The van der Waals surface area contributed by atoms with E-state index in [1.165, 1.54) is 20.4 Å². The lowest BCUT2D eigenvalue weighted by Crippen LogP contribution is -2.32. The smallest absolute Gasteiger partial charge is 0.337 e. The van der Waals surface area contributed by atoms with Crippen LogP contribution in [0.2, 0.25) is 0 Å². The molecule has 3 rings (SSSR count). The van der Waals surface area contributed by atoms with Gasteiger partial charge in [-0.1, -0.05) is 24.3 Å². The summed E-state index contributed by atoms with van der Waals surface area (Å²) in [5.74, 6) is -1.03. The van der Waals surface area contributed by atoms with E-state index in [9.17, 15) is 14.4 Å². The number of esters is 1. The molecule has 0 aliphatic carbocycles. The van der Waals surface area contributed by atoms with Gasteiger partial charge in [0.2, 0.25) is 0 Å². The van der Waals surface area contributed by atoms with Crippen molar-refractivity contribution in [2.24, 2.45) is 5.10 Å². The summed E-state index contributed by atoms with van der Waals surface area (Å²) in [5, 5.41) is 6.32. The molecule has 0 saturated carbocycles. The predicted molar refractivity (Wildman–Crippen MR) is 126 cm³/mol. The first-order chi connectivity index (χ1) is 16.5. The third kappa shape index (κ3) is 6.67. The highest BCUT2D eigenvalue weighted by atomic mass is 16.5. The molecule has 0 atom stereocenters. The molecule has 0 saturated heterocycles. The zero-order chi connectivity index (χ0) is 24.3. The molecule has 9 nitrogen and oxygen atoms in total. The zero-order valence-electron chi connectivity index (χ0n) is 18.6. The number of hydrogen-bond acceptors (Lipinski definition) is 7. The number of methoxy groups -OCH3 is 2. The van der Waals surface area contributed by atoms with E-state index in [2.05, 4.69) is 20.6 Å².